The summed E-state index contributed by atoms with van der Waals surface area (Å²) < 4.78 is 0. The first-order chi connectivity index (χ1) is 9.97. The molecule has 1 aliphatic heterocycles. The molecule has 1 saturated carbocycles. The number of hydrogen-bond acceptors (Lipinski definition) is 4. The Bertz CT molecular complexity index is 357. The van der Waals surface area contributed by atoms with Gasteiger partial charge in [0.1, 0.15) is 5.54 Å². The molecule has 0 aromatic heterocycles. The van der Waals surface area contributed by atoms with Gasteiger partial charge in [0, 0.05) is 18.6 Å². The molecule has 0 radical (unpaired) electrons. The summed E-state index contributed by atoms with van der Waals surface area (Å²) in [4.78, 5) is 16.5. The molecule has 2 fully saturated rings. The second kappa shape index (κ2) is 7.07. The van der Waals surface area contributed by atoms with Gasteiger partial charge >= 0.3 is 5.97 Å². The number of hydrogen-bond donors (Lipinski definition) is 2. The minimum Gasteiger partial charge on any atom is -0.480 e. The number of carboxylic acid groups (broad SMARTS) is 1. The molecule has 0 bridgehead atoms. The van der Waals surface area contributed by atoms with E-state index in [2.05, 4.69) is 29.2 Å². The monoisotopic (exact) mass is 297 g/mol. The predicted octanol–water partition coefficient (Wildman–Crippen LogP) is 1.39. The first-order valence-electron chi connectivity index (χ1n) is 8.36. The molecule has 2 N–H and O–H groups in total. The van der Waals surface area contributed by atoms with Gasteiger partial charge in [-0.25, -0.2) is 0 Å². The maximum atomic E-state index is 11.7. The van der Waals surface area contributed by atoms with E-state index in [0.717, 1.165) is 45.3 Å². The van der Waals surface area contributed by atoms with E-state index < -0.39 is 11.5 Å². The molecule has 2 unspecified atom stereocenters. The lowest BCUT2D eigenvalue weighted by Gasteiger charge is -2.30. The van der Waals surface area contributed by atoms with Crippen molar-refractivity contribution in [2.75, 3.05) is 33.7 Å². The molecular weight excluding hydrogens is 266 g/mol. The third-order valence-corrected chi connectivity index (χ3v) is 5.13. The molecule has 2 aliphatic rings. The van der Waals surface area contributed by atoms with Crippen LogP contribution in [0.2, 0.25) is 0 Å². The van der Waals surface area contributed by atoms with Crippen molar-refractivity contribution in [2.45, 2.75) is 63.1 Å². The van der Waals surface area contributed by atoms with Gasteiger partial charge in [-0.05, 0) is 65.7 Å². The van der Waals surface area contributed by atoms with E-state index in [-0.39, 0.29) is 0 Å². The summed E-state index contributed by atoms with van der Waals surface area (Å²) in [5, 5.41) is 13.0. The molecule has 122 valence electrons. The zero-order valence-electron chi connectivity index (χ0n) is 13.8. The highest BCUT2D eigenvalue weighted by atomic mass is 16.4. The molecule has 2 atom stereocenters. The Morgan fingerprint density at radius 2 is 2.10 bits per heavy atom. The number of carboxylic acids is 1. The normalized spacial score (nSPS) is 26.2. The molecule has 2 rings (SSSR count). The highest BCUT2D eigenvalue weighted by Crippen LogP contribution is 2.27. The number of aliphatic carboxylic acids is 1. The lowest BCUT2D eigenvalue weighted by atomic mass is 9.90. The fraction of sp³-hybridized carbons (Fsp3) is 0.938. The SMILES string of the molecule is CCC(CCCN1CCC(N(C)C)C1)(NC1CC1)C(=O)O. The van der Waals surface area contributed by atoms with Crippen LogP contribution in [0.3, 0.4) is 0 Å². The van der Waals surface area contributed by atoms with Crippen LogP contribution in [0.1, 0.15) is 45.4 Å². The zero-order valence-corrected chi connectivity index (χ0v) is 13.8. The van der Waals surface area contributed by atoms with E-state index in [1.54, 1.807) is 0 Å². The molecule has 0 amide bonds. The Balaban J connectivity index is 1.78. The Morgan fingerprint density at radius 3 is 2.57 bits per heavy atom. The number of likely N-dealkylation sites (tertiary alicyclic amines) is 1. The van der Waals surface area contributed by atoms with Gasteiger partial charge in [0.15, 0.2) is 0 Å². The fourth-order valence-electron chi connectivity index (χ4n) is 3.33. The van der Waals surface area contributed by atoms with E-state index in [1.165, 1.54) is 6.42 Å². The van der Waals surface area contributed by atoms with Crippen molar-refractivity contribution >= 4 is 5.97 Å². The summed E-state index contributed by atoms with van der Waals surface area (Å²) in [7, 11) is 4.28. The largest absolute Gasteiger partial charge is 0.480 e. The van der Waals surface area contributed by atoms with Gasteiger partial charge in [0.2, 0.25) is 0 Å². The fourth-order valence-corrected chi connectivity index (χ4v) is 3.33. The average molecular weight is 297 g/mol. The van der Waals surface area contributed by atoms with Gasteiger partial charge in [-0.1, -0.05) is 6.92 Å². The summed E-state index contributed by atoms with van der Waals surface area (Å²) >= 11 is 0. The number of nitrogens with one attached hydrogen (secondary N) is 1. The van der Waals surface area contributed by atoms with Crippen LogP contribution in [0.15, 0.2) is 0 Å². The number of carbonyl (C=O) groups is 1. The van der Waals surface area contributed by atoms with Crippen molar-refractivity contribution in [1.29, 1.82) is 0 Å². The Labute approximate surface area is 128 Å². The van der Waals surface area contributed by atoms with Gasteiger partial charge in [-0.2, -0.15) is 0 Å². The second-order valence-electron chi connectivity index (χ2n) is 6.97. The molecule has 0 aromatic rings. The van der Waals surface area contributed by atoms with Gasteiger partial charge in [-0.15, -0.1) is 0 Å². The number of rotatable bonds is 9. The maximum absolute atomic E-state index is 11.7. The Kier molecular flexibility index (Phi) is 5.63. The van der Waals surface area contributed by atoms with Crippen molar-refractivity contribution in [1.82, 2.24) is 15.1 Å². The highest BCUT2D eigenvalue weighted by Gasteiger charge is 2.40. The third kappa shape index (κ3) is 4.41. The first kappa shape index (κ1) is 16.7. The van der Waals surface area contributed by atoms with E-state index in [0.29, 0.717) is 18.5 Å². The third-order valence-electron chi connectivity index (χ3n) is 5.13. The lowest BCUT2D eigenvalue weighted by molar-refractivity contribution is -0.145. The molecule has 5 heteroatoms. The standard InChI is InChI=1S/C16H31N3O2/c1-4-16(15(20)21,17-13-6-7-13)9-5-10-19-11-8-14(12-19)18(2)3/h13-14,17H,4-12H2,1-3H3,(H,20,21). The minimum atomic E-state index is -0.707. The van der Waals surface area contributed by atoms with E-state index in [4.69, 9.17) is 0 Å². The maximum Gasteiger partial charge on any atom is 0.323 e. The van der Waals surface area contributed by atoms with Gasteiger partial charge < -0.3 is 14.9 Å². The second-order valence-corrected chi connectivity index (χ2v) is 6.97. The van der Waals surface area contributed by atoms with E-state index >= 15 is 0 Å². The molecule has 5 nitrogen and oxygen atoms in total. The molecule has 21 heavy (non-hydrogen) atoms. The van der Waals surface area contributed by atoms with Crippen LogP contribution < -0.4 is 5.32 Å². The van der Waals surface area contributed by atoms with Crippen molar-refractivity contribution in [3.63, 3.8) is 0 Å². The molecular formula is C16H31N3O2. The summed E-state index contributed by atoms with van der Waals surface area (Å²) in [6, 6.07) is 1.09. The summed E-state index contributed by atoms with van der Waals surface area (Å²) in [6.45, 7) is 5.27. The van der Waals surface area contributed by atoms with Crippen molar-refractivity contribution in [2.24, 2.45) is 0 Å². The summed E-state index contributed by atoms with van der Waals surface area (Å²) in [6.07, 6.45) is 5.85. The summed E-state index contributed by atoms with van der Waals surface area (Å²) in [5.74, 6) is -0.676. The molecule has 0 spiro atoms. The van der Waals surface area contributed by atoms with Crippen molar-refractivity contribution in [3.8, 4) is 0 Å². The number of likely N-dealkylation sites (N-methyl/N-ethyl adjacent to an activating group) is 1. The highest BCUT2D eigenvalue weighted by molar-refractivity contribution is 5.78. The quantitative estimate of drug-likeness (QED) is 0.673. The zero-order chi connectivity index (χ0) is 15.5. The average Bonchev–Trinajstić information content (AvgIpc) is 3.11. The Hall–Kier alpha value is -0.650. The summed E-state index contributed by atoms with van der Waals surface area (Å²) in [5.41, 5.74) is -0.707. The predicted molar refractivity (Wildman–Crippen MR) is 84.6 cm³/mol. The molecule has 1 saturated heterocycles. The molecule has 0 aromatic carbocycles. The van der Waals surface area contributed by atoms with Crippen LogP contribution in [0.4, 0.5) is 0 Å². The van der Waals surface area contributed by atoms with Crippen LogP contribution in [0.25, 0.3) is 0 Å². The van der Waals surface area contributed by atoms with Crippen LogP contribution >= 0.6 is 0 Å². The van der Waals surface area contributed by atoms with Gasteiger partial charge in [0.25, 0.3) is 0 Å². The first-order valence-corrected chi connectivity index (χ1v) is 8.36. The minimum absolute atomic E-state index is 0.436. The Morgan fingerprint density at radius 1 is 1.38 bits per heavy atom. The molecule has 1 aliphatic carbocycles. The number of nitrogens with zero attached hydrogens (tertiary/aromatic N) is 2. The molecule has 1 heterocycles. The smallest absolute Gasteiger partial charge is 0.323 e. The van der Waals surface area contributed by atoms with Crippen LogP contribution in [0, 0.1) is 0 Å². The van der Waals surface area contributed by atoms with Crippen LogP contribution in [-0.4, -0.2) is 72.2 Å². The van der Waals surface area contributed by atoms with Crippen molar-refractivity contribution in [3.05, 3.63) is 0 Å². The van der Waals surface area contributed by atoms with Gasteiger partial charge in [0.05, 0.1) is 0 Å². The van der Waals surface area contributed by atoms with Crippen LogP contribution in [-0.2, 0) is 4.79 Å². The van der Waals surface area contributed by atoms with E-state index in [1.807, 2.05) is 6.92 Å². The van der Waals surface area contributed by atoms with Gasteiger partial charge in [-0.3, -0.25) is 10.1 Å². The van der Waals surface area contributed by atoms with E-state index in [9.17, 15) is 9.90 Å². The van der Waals surface area contributed by atoms with Crippen LogP contribution in [0.5, 0.6) is 0 Å². The van der Waals surface area contributed by atoms with Crippen molar-refractivity contribution < 1.29 is 9.90 Å². The lowest BCUT2D eigenvalue weighted by Crippen LogP contribution is -2.53. The topological polar surface area (TPSA) is 55.8 Å².